The molecule has 1 aromatic heterocycles. The van der Waals surface area contributed by atoms with Crippen molar-refractivity contribution in [3.05, 3.63) is 72.8 Å². The van der Waals surface area contributed by atoms with Gasteiger partial charge in [-0.2, -0.15) is 0 Å². The summed E-state index contributed by atoms with van der Waals surface area (Å²) in [5, 5.41) is 10.3. The molecule has 13 heteroatoms. The molecular formula is C34H33N2O10P. The second-order valence-corrected chi connectivity index (χ2v) is 11.9. The van der Waals surface area contributed by atoms with E-state index in [1.807, 2.05) is 59.2 Å². The molecule has 5 aromatic rings. The second kappa shape index (κ2) is 14.4. The molecule has 0 atom stereocenters. The molecule has 0 bridgehead atoms. The molecule has 1 saturated heterocycles. The van der Waals surface area contributed by atoms with Gasteiger partial charge in [0.1, 0.15) is 23.2 Å². The van der Waals surface area contributed by atoms with Crippen molar-refractivity contribution in [2.24, 2.45) is 5.41 Å². The molecule has 1 fully saturated rings. The van der Waals surface area contributed by atoms with Crippen LogP contribution >= 0.6 is 8.24 Å². The van der Waals surface area contributed by atoms with Gasteiger partial charge in [-0.3, -0.25) is 29.5 Å². The number of fused-ring (bicyclic) bond motifs is 7. The summed E-state index contributed by atoms with van der Waals surface area (Å²) in [5.41, 5.74) is -0.318. The number of amides is 4. The zero-order valence-electron chi connectivity index (χ0n) is 25.6. The Morgan fingerprint density at radius 3 is 1.77 bits per heavy atom. The third kappa shape index (κ3) is 6.86. The Labute approximate surface area is 269 Å². The summed E-state index contributed by atoms with van der Waals surface area (Å²) in [4.78, 5) is 48.1. The Morgan fingerprint density at radius 1 is 0.702 bits per heavy atom. The summed E-state index contributed by atoms with van der Waals surface area (Å²) in [7, 11) is -1.77. The van der Waals surface area contributed by atoms with Crippen LogP contribution in [0.15, 0.2) is 81.2 Å². The maximum Gasteiger partial charge on any atom is 0.387 e. The van der Waals surface area contributed by atoms with Crippen LogP contribution in [0, 0.1) is 5.41 Å². The molecule has 2 heterocycles. The van der Waals surface area contributed by atoms with Gasteiger partial charge in [-0.1, -0.05) is 67.6 Å². The van der Waals surface area contributed by atoms with Crippen LogP contribution in [0.1, 0.15) is 19.8 Å². The van der Waals surface area contributed by atoms with Crippen molar-refractivity contribution in [3.63, 3.8) is 0 Å². The maximum absolute atomic E-state index is 12.3. The van der Waals surface area contributed by atoms with Crippen LogP contribution in [0.25, 0.3) is 43.5 Å². The number of benzene rings is 4. The highest BCUT2D eigenvalue weighted by Crippen LogP contribution is 2.40. The molecule has 4 aromatic carbocycles. The highest BCUT2D eigenvalue weighted by molar-refractivity contribution is 7.31. The van der Waals surface area contributed by atoms with Crippen molar-refractivity contribution in [2.45, 2.75) is 19.8 Å². The fourth-order valence-electron chi connectivity index (χ4n) is 5.59. The summed E-state index contributed by atoms with van der Waals surface area (Å²) in [6.07, 6.45) is -0.461. The molecule has 12 nitrogen and oxygen atoms in total. The molecule has 0 saturated carbocycles. The van der Waals surface area contributed by atoms with Gasteiger partial charge in [-0.15, -0.1) is 0 Å². The Morgan fingerprint density at radius 2 is 1.21 bits per heavy atom. The van der Waals surface area contributed by atoms with Crippen LogP contribution in [0.5, 0.6) is 0 Å². The van der Waals surface area contributed by atoms with Gasteiger partial charge in [0.05, 0.1) is 39.5 Å². The van der Waals surface area contributed by atoms with Gasteiger partial charge < -0.3 is 22.6 Å². The van der Waals surface area contributed by atoms with Crippen molar-refractivity contribution in [1.29, 1.82) is 0 Å². The molecular weight excluding hydrogens is 627 g/mol. The smallest absolute Gasteiger partial charge is 0.387 e. The highest BCUT2D eigenvalue weighted by Gasteiger charge is 2.50. The topological polar surface area (TPSA) is 156 Å². The molecule has 0 aliphatic carbocycles. The predicted molar refractivity (Wildman–Crippen MR) is 174 cm³/mol. The number of barbiturate groups is 1. The molecule has 0 unspecified atom stereocenters. The minimum Gasteiger partial charge on any atom is -0.463 e. The van der Waals surface area contributed by atoms with Crippen LogP contribution in [0.2, 0.25) is 0 Å². The van der Waals surface area contributed by atoms with E-state index in [2.05, 4.69) is 24.3 Å². The van der Waals surface area contributed by atoms with Crippen molar-refractivity contribution >= 4 is 75.5 Å². The lowest BCUT2D eigenvalue weighted by molar-refractivity contribution is -0.157. The van der Waals surface area contributed by atoms with Gasteiger partial charge in [0.2, 0.25) is 11.8 Å². The summed E-state index contributed by atoms with van der Waals surface area (Å²) >= 11 is 0. The normalized spacial score (nSPS) is 14.4. The van der Waals surface area contributed by atoms with E-state index in [1.165, 1.54) is 0 Å². The molecule has 2 N–H and O–H groups in total. The average molecular weight is 661 g/mol. The van der Waals surface area contributed by atoms with E-state index in [1.54, 1.807) is 6.92 Å². The number of carbonyl (C=O) groups is 4. The summed E-state index contributed by atoms with van der Waals surface area (Å²) in [6.45, 7) is 2.61. The van der Waals surface area contributed by atoms with Crippen LogP contribution in [-0.2, 0) is 28.6 Å². The zero-order chi connectivity index (χ0) is 32.8. The van der Waals surface area contributed by atoms with Crippen LogP contribution < -0.4 is 15.2 Å². The third-order valence-corrected chi connectivity index (χ3v) is 9.12. The van der Waals surface area contributed by atoms with Gasteiger partial charge in [0.15, 0.2) is 0 Å². The van der Waals surface area contributed by atoms with E-state index in [0.29, 0.717) is 11.2 Å². The van der Waals surface area contributed by atoms with Gasteiger partial charge >= 0.3 is 20.2 Å². The lowest BCUT2D eigenvalue weighted by atomic mass is 9.78. The Hall–Kier alpha value is -4.74. The number of rotatable bonds is 13. The Balaban J connectivity index is 0.998. The molecule has 47 heavy (non-hydrogen) atoms. The maximum atomic E-state index is 12.3. The van der Waals surface area contributed by atoms with Gasteiger partial charge in [0.25, 0.3) is 0 Å². The van der Waals surface area contributed by atoms with Crippen LogP contribution in [0.4, 0.5) is 4.79 Å². The molecule has 4 amide bonds. The second-order valence-electron chi connectivity index (χ2n) is 10.9. The number of imide groups is 2. The number of carbonyl (C=O) groups excluding carboxylic acids is 4. The lowest BCUT2D eigenvalue weighted by Crippen LogP contribution is -2.62. The van der Waals surface area contributed by atoms with E-state index in [4.69, 9.17) is 27.1 Å². The SMILES string of the molecule is CCC1(CC(=O)OCCOCCOCCOp2oc3ccc4ccccc4c3c3c(ccc4ccccc43)o2)C(=O)NC(=O)NC1=O. The number of esters is 1. The molecule has 6 rings (SSSR count). The fourth-order valence-corrected chi connectivity index (χ4v) is 6.59. The van der Waals surface area contributed by atoms with Crippen molar-refractivity contribution in [2.75, 3.05) is 39.6 Å². The quantitative estimate of drug-likeness (QED) is 0.0906. The van der Waals surface area contributed by atoms with E-state index < -0.39 is 43.9 Å². The number of urea groups is 1. The summed E-state index contributed by atoms with van der Waals surface area (Å²) in [5.74, 6) is -2.39. The van der Waals surface area contributed by atoms with Crippen molar-refractivity contribution in [3.8, 4) is 0 Å². The van der Waals surface area contributed by atoms with Crippen molar-refractivity contribution in [1.82, 2.24) is 10.6 Å². The minimum atomic E-state index is -1.77. The average Bonchev–Trinajstić information content (AvgIpc) is 3.24. The van der Waals surface area contributed by atoms with E-state index in [0.717, 1.165) is 32.3 Å². The van der Waals surface area contributed by atoms with E-state index in [-0.39, 0.29) is 46.1 Å². The van der Waals surface area contributed by atoms with Crippen LogP contribution in [0.3, 0.4) is 0 Å². The molecule has 0 spiro atoms. The van der Waals surface area contributed by atoms with Gasteiger partial charge in [-0.25, -0.2) is 4.79 Å². The standard InChI is InChI=1S/C34H33N2O10P/c1-2-34(31(38)35-33(40)36-32(34)39)21-28(37)43-19-17-41-15-16-42-18-20-44-47-45-26-13-11-22-7-3-5-9-24(22)29(26)30-25-10-6-4-8-23(25)12-14-27(30)46-47/h3-14H,2,15-21H2,1H3,(H2,35,36,38,39,40). The van der Waals surface area contributed by atoms with E-state index >= 15 is 0 Å². The number of hydrogen-bond acceptors (Lipinski definition) is 10. The lowest BCUT2D eigenvalue weighted by Gasteiger charge is -2.31. The molecule has 1 aliphatic rings. The number of ether oxygens (including phenoxy) is 3. The fraction of sp³-hybridized carbons (Fsp3) is 0.294. The molecule has 0 radical (unpaired) electrons. The zero-order valence-corrected chi connectivity index (χ0v) is 26.5. The Kier molecular flexibility index (Phi) is 9.84. The first-order valence-electron chi connectivity index (χ1n) is 15.2. The van der Waals surface area contributed by atoms with Gasteiger partial charge in [-0.05, 0) is 40.1 Å². The first kappa shape index (κ1) is 32.2. The monoisotopic (exact) mass is 660 g/mol. The predicted octanol–water partition coefficient (Wildman–Crippen LogP) is 5.75. The van der Waals surface area contributed by atoms with Crippen LogP contribution in [-0.4, -0.2) is 63.5 Å². The van der Waals surface area contributed by atoms with Gasteiger partial charge in [0, 0.05) is 10.8 Å². The first-order chi connectivity index (χ1) is 22.9. The third-order valence-electron chi connectivity index (χ3n) is 8.04. The number of hydrogen-bond donors (Lipinski definition) is 2. The highest BCUT2D eigenvalue weighted by atomic mass is 31.1. The van der Waals surface area contributed by atoms with Crippen molar-refractivity contribution < 1.29 is 46.3 Å². The molecule has 1 aliphatic heterocycles. The number of nitrogens with one attached hydrogen (secondary N) is 2. The summed E-state index contributed by atoms with van der Waals surface area (Å²) < 4.78 is 34.8. The molecule has 244 valence electrons. The minimum absolute atomic E-state index is 0.0275. The van der Waals surface area contributed by atoms with E-state index in [9.17, 15) is 19.2 Å². The Bertz CT molecular complexity index is 1910. The summed E-state index contributed by atoms with van der Waals surface area (Å²) in [6, 6.07) is 23.4. The largest absolute Gasteiger partial charge is 0.463 e. The first-order valence-corrected chi connectivity index (χ1v) is 16.3.